The first-order valence-electron chi connectivity index (χ1n) is 8.17. The predicted octanol–water partition coefficient (Wildman–Crippen LogP) is 2.60. The highest BCUT2D eigenvalue weighted by Crippen LogP contribution is 2.32. The van der Waals surface area contributed by atoms with E-state index in [2.05, 4.69) is 5.32 Å². The molecular formula is C20H19NO5. The van der Waals surface area contributed by atoms with E-state index >= 15 is 0 Å². The Morgan fingerprint density at radius 1 is 1.12 bits per heavy atom. The zero-order valence-electron chi connectivity index (χ0n) is 14.4. The Hall–Kier alpha value is -3.28. The number of hydrogen-bond acceptors (Lipinski definition) is 5. The number of aryl methyl sites for hydroxylation is 1. The first-order chi connectivity index (χ1) is 12.6. The molecule has 0 radical (unpaired) electrons. The van der Waals surface area contributed by atoms with E-state index < -0.39 is 5.97 Å². The third kappa shape index (κ3) is 4.86. The number of esters is 1. The van der Waals surface area contributed by atoms with Crippen molar-refractivity contribution in [1.82, 2.24) is 5.32 Å². The maximum absolute atomic E-state index is 11.8. The average Bonchev–Trinajstić information content (AvgIpc) is 3.12. The summed E-state index contributed by atoms with van der Waals surface area (Å²) in [5.74, 6) is 0.405. The van der Waals surface area contributed by atoms with Gasteiger partial charge in [-0.3, -0.25) is 4.79 Å². The first-order valence-corrected chi connectivity index (χ1v) is 8.17. The molecule has 3 rings (SSSR count). The molecule has 1 aliphatic heterocycles. The van der Waals surface area contributed by atoms with Crippen LogP contribution in [0.2, 0.25) is 0 Å². The second-order valence-corrected chi connectivity index (χ2v) is 5.82. The van der Waals surface area contributed by atoms with E-state index in [1.165, 1.54) is 6.08 Å². The summed E-state index contributed by atoms with van der Waals surface area (Å²) < 4.78 is 15.4. The molecule has 0 bridgehead atoms. The lowest BCUT2D eigenvalue weighted by atomic mass is 10.1. The lowest BCUT2D eigenvalue weighted by Gasteiger charge is -2.06. The van der Waals surface area contributed by atoms with Crippen molar-refractivity contribution in [2.75, 3.05) is 13.4 Å². The molecule has 0 saturated heterocycles. The molecule has 0 aromatic heterocycles. The van der Waals surface area contributed by atoms with Gasteiger partial charge < -0.3 is 19.5 Å². The molecule has 0 unspecified atom stereocenters. The van der Waals surface area contributed by atoms with Gasteiger partial charge in [-0.25, -0.2) is 4.79 Å². The molecule has 1 amide bonds. The normalized spacial score (nSPS) is 12.2. The second-order valence-electron chi connectivity index (χ2n) is 5.82. The minimum absolute atomic E-state index is 0.206. The van der Waals surface area contributed by atoms with E-state index in [4.69, 9.17) is 14.2 Å². The van der Waals surface area contributed by atoms with Crippen molar-refractivity contribution in [1.29, 1.82) is 0 Å². The summed E-state index contributed by atoms with van der Waals surface area (Å²) in [7, 11) is 0. The van der Waals surface area contributed by atoms with Crippen molar-refractivity contribution in [3.05, 3.63) is 65.2 Å². The molecule has 0 aliphatic carbocycles. The number of hydrogen-bond donors (Lipinski definition) is 1. The smallest absolute Gasteiger partial charge is 0.331 e. The second kappa shape index (κ2) is 8.20. The van der Waals surface area contributed by atoms with Crippen LogP contribution in [0.4, 0.5) is 0 Å². The van der Waals surface area contributed by atoms with Crippen molar-refractivity contribution in [2.45, 2.75) is 13.5 Å². The number of fused-ring (bicyclic) bond motifs is 1. The molecule has 2 aromatic carbocycles. The number of carbonyl (C=O) groups is 2. The number of nitrogens with one attached hydrogen (secondary N) is 1. The van der Waals surface area contributed by atoms with Gasteiger partial charge >= 0.3 is 5.97 Å². The van der Waals surface area contributed by atoms with Gasteiger partial charge in [0.1, 0.15) is 0 Å². The van der Waals surface area contributed by atoms with Gasteiger partial charge in [0.05, 0.1) is 0 Å². The average molecular weight is 353 g/mol. The fourth-order valence-corrected chi connectivity index (χ4v) is 2.33. The predicted molar refractivity (Wildman–Crippen MR) is 95.6 cm³/mol. The summed E-state index contributed by atoms with van der Waals surface area (Å²) in [4.78, 5) is 23.5. The van der Waals surface area contributed by atoms with Gasteiger partial charge in [0, 0.05) is 12.6 Å². The SMILES string of the molecule is Cc1ccc(/C=C/C(=O)OCC(=O)NCc2ccc3c(c2)OCO3)cc1. The molecule has 2 aromatic rings. The van der Waals surface area contributed by atoms with Gasteiger partial charge in [-0.15, -0.1) is 0 Å². The maximum Gasteiger partial charge on any atom is 0.331 e. The Balaban J connectivity index is 1.40. The van der Waals surface area contributed by atoms with Gasteiger partial charge in [-0.1, -0.05) is 35.9 Å². The molecule has 0 saturated carbocycles. The maximum atomic E-state index is 11.8. The van der Waals surface area contributed by atoms with Gasteiger partial charge in [-0.05, 0) is 36.3 Å². The molecule has 1 heterocycles. The molecule has 1 aliphatic rings. The van der Waals surface area contributed by atoms with Crippen LogP contribution in [0.25, 0.3) is 6.08 Å². The fourth-order valence-electron chi connectivity index (χ4n) is 2.33. The van der Waals surface area contributed by atoms with E-state index in [-0.39, 0.29) is 19.3 Å². The van der Waals surface area contributed by atoms with Crippen molar-refractivity contribution in [3.63, 3.8) is 0 Å². The van der Waals surface area contributed by atoms with Crippen LogP contribution in [0.15, 0.2) is 48.5 Å². The molecule has 26 heavy (non-hydrogen) atoms. The third-order valence-corrected chi connectivity index (χ3v) is 3.76. The summed E-state index contributed by atoms with van der Waals surface area (Å²) >= 11 is 0. The van der Waals surface area contributed by atoms with Gasteiger partial charge in [0.25, 0.3) is 5.91 Å². The topological polar surface area (TPSA) is 73.9 Å². The van der Waals surface area contributed by atoms with Crippen LogP contribution >= 0.6 is 0 Å². The number of benzene rings is 2. The highest BCUT2D eigenvalue weighted by atomic mass is 16.7. The lowest BCUT2D eigenvalue weighted by Crippen LogP contribution is -2.28. The number of carbonyl (C=O) groups excluding carboxylic acids is 2. The number of rotatable bonds is 6. The van der Waals surface area contributed by atoms with Crippen LogP contribution in [0.3, 0.4) is 0 Å². The van der Waals surface area contributed by atoms with E-state index in [1.54, 1.807) is 18.2 Å². The molecule has 0 atom stereocenters. The Labute approximate surface area is 151 Å². The quantitative estimate of drug-likeness (QED) is 0.638. The van der Waals surface area contributed by atoms with Gasteiger partial charge in [-0.2, -0.15) is 0 Å². The largest absolute Gasteiger partial charge is 0.454 e. The lowest BCUT2D eigenvalue weighted by molar-refractivity contribution is -0.143. The zero-order valence-corrected chi connectivity index (χ0v) is 14.4. The summed E-state index contributed by atoms with van der Waals surface area (Å²) in [6.07, 6.45) is 2.95. The van der Waals surface area contributed by atoms with E-state index in [1.807, 2.05) is 37.3 Å². The molecule has 0 fully saturated rings. The summed E-state index contributed by atoms with van der Waals surface area (Å²) in [6.45, 7) is 2.18. The van der Waals surface area contributed by atoms with Crippen molar-refractivity contribution >= 4 is 18.0 Å². The monoisotopic (exact) mass is 353 g/mol. The van der Waals surface area contributed by atoms with Gasteiger partial charge in [0.15, 0.2) is 18.1 Å². The molecular weight excluding hydrogens is 334 g/mol. The van der Waals surface area contributed by atoms with Crippen LogP contribution in [0.1, 0.15) is 16.7 Å². The Bertz CT molecular complexity index is 827. The number of ether oxygens (including phenoxy) is 3. The molecule has 134 valence electrons. The Morgan fingerprint density at radius 3 is 2.69 bits per heavy atom. The molecule has 1 N–H and O–H groups in total. The minimum Gasteiger partial charge on any atom is -0.454 e. The Morgan fingerprint density at radius 2 is 1.88 bits per heavy atom. The van der Waals surface area contributed by atoms with Crippen LogP contribution in [-0.2, 0) is 20.9 Å². The zero-order chi connectivity index (χ0) is 18.4. The summed E-state index contributed by atoms with van der Waals surface area (Å²) in [6, 6.07) is 13.1. The minimum atomic E-state index is -0.566. The number of amides is 1. The fraction of sp³-hybridized carbons (Fsp3) is 0.200. The van der Waals surface area contributed by atoms with Crippen molar-refractivity contribution < 1.29 is 23.8 Å². The van der Waals surface area contributed by atoms with Gasteiger partial charge in [0.2, 0.25) is 6.79 Å². The van der Waals surface area contributed by atoms with Crippen LogP contribution in [0.5, 0.6) is 11.5 Å². The standard InChI is InChI=1S/C20H19NO5/c1-14-2-4-15(5-3-14)7-9-20(23)24-12-19(22)21-11-16-6-8-17-18(10-16)26-13-25-17/h2-10H,11-13H2,1H3,(H,21,22)/b9-7+. The molecule has 6 heteroatoms. The van der Waals surface area contributed by atoms with E-state index in [9.17, 15) is 9.59 Å². The van der Waals surface area contributed by atoms with E-state index in [0.29, 0.717) is 18.0 Å². The van der Waals surface area contributed by atoms with Crippen LogP contribution in [0, 0.1) is 6.92 Å². The first kappa shape index (κ1) is 17.5. The highest BCUT2D eigenvalue weighted by molar-refractivity contribution is 5.89. The van der Waals surface area contributed by atoms with Crippen LogP contribution in [-0.4, -0.2) is 25.3 Å². The van der Waals surface area contributed by atoms with Crippen molar-refractivity contribution in [2.24, 2.45) is 0 Å². The molecule has 6 nitrogen and oxygen atoms in total. The summed E-state index contributed by atoms with van der Waals surface area (Å²) in [5, 5.41) is 2.69. The highest BCUT2D eigenvalue weighted by Gasteiger charge is 2.13. The summed E-state index contributed by atoms with van der Waals surface area (Å²) in [5.41, 5.74) is 2.90. The van der Waals surface area contributed by atoms with E-state index in [0.717, 1.165) is 16.7 Å². The van der Waals surface area contributed by atoms with Crippen molar-refractivity contribution in [3.8, 4) is 11.5 Å². The Kier molecular flexibility index (Phi) is 5.53. The third-order valence-electron chi connectivity index (χ3n) is 3.76. The molecule has 0 spiro atoms. The van der Waals surface area contributed by atoms with Crippen LogP contribution < -0.4 is 14.8 Å².